The molecule has 0 saturated carbocycles. The van der Waals surface area contributed by atoms with Crippen molar-refractivity contribution in [3.63, 3.8) is 0 Å². The number of benzene rings is 1. The molecule has 1 aromatic carbocycles. The minimum absolute atomic E-state index is 0.0477. The molecule has 0 bridgehead atoms. The largest absolute Gasteiger partial charge is 0.508 e. The third kappa shape index (κ3) is 5.20. The summed E-state index contributed by atoms with van der Waals surface area (Å²) in [5.74, 6) is -0.0972. The maximum atomic E-state index is 12.1. The Morgan fingerprint density at radius 2 is 1.63 bits per heavy atom. The SMILES string of the molecule is CC(C)(C)OC(=O)c1ccc(O)cc1OC(C)(C)C. The average Bonchev–Trinajstić information content (AvgIpc) is 2.11. The smallest absolute Gasteiger partial charge is 0.342 e. The maximum absolute atomic E-state index is 12.1. The van der Waals surface area contributed by atoms with Gasteiger partial charge in [0.1, 0.15) is 28.3 Å². The van der Waals surface area contributed by atoms with Crippen LogP contribution in [0.2, 0.25) is 0 Å². The zero-order valence-electron chi connectivity index (χ0n) is 12.4. The molecular formula is C15H22O4. The van der Waals surface area contributed by atoms with E-state index in [2.05, 4.69) is 0 Å². The van der Waals surface area contributed by atoms with Gasteiger partial charge in [-0.25, -0.2) is 4.79 Å². The molecule has 0 saturated heterocycles. The number of rotatable bonds is 2. The van der Waals surface area contributed by atoms with Crippen LogP contribution < -0.4 is 4.74 Å². The van der Waals surface area contributed by atoms with Gasteiger partial charge in [-0.3, -0.25) is 0 Å². The van der Waals surface area contributed by atoms with Crippen molar-refractivity contribution in [3.05, 3.63) is 23.8 Å². The summed E-state index contributed by atoms with van der Waals surface area (Å²) in [5, 5.41) is 9.52. The van der Waals surface area contributed by atoms with E-state index in [1.54, 1.807) is 20.8 Å². The Morgan fingerprint density at radius 1 is 1.05 bits per heavy atom. The second kappa shape index (κ2) is 5.11. The fourth-order valence-corrected chi connectivity index (χ4v) is 1.43. The highest BCUT2D eigenvalue weighted by Gasteiger charge is 2.23. The molecule has 0 heterocycles. The summed E-state index contributed by atoms with van der Waals surface area (Å²) < 4.78 is 11.0. The molecule has 4 nitrogen and oxygen atoms in total. The number of carbonyl (C=O) groups is 1. The van der Waals surface area contributed by atoms with Crippen molar-refractivity contribution in [2.75, 3.05) is 0 Å². The lowest BCUT2D eigenvalue weighted by atomic mass is 10.1. The van der Waals surface area contributed by atoms with Gasteiger partial charge >= 0.3 is 5.97 Å². The first-order valence-electron chi connectivity index (χ1n) is 6.23. The summed E-state index contributed by atoms with van der Waals surface area (Å²) in [6.45, 7) is 11.0. The van der Waals surface area contributed by atoms with Crippen molar-refractivity contribution in [1.82, 2.24) is 0 Å². The predicted octanol–water partition coefficient (Wildman–Crippen LogP) is 3.52. The first kappa shape index (κ1) is 15.3. The third-order valence-electron chi connectivity index (χ3n) is 2.00. The second-order valence-electron chi connectivity index (χ2n) is 6.40. The van der Waals surface area contributed by atoms with Gasteiger partial charge in [-0.15, -0.1) is 0 Å². The number of phenols is 1. The monoisotopic (exact) mass is 266 g/mol. The number of phenolic OH excluding ortho intramolecular Hbond substituents is 1. The van der Waals surface area contributed by atoms with Gasteiger partial charge in [0.05, 0.1) is 0 Å². The topological polar surface area (TPSA) is 55.8 Å². The molecule has 1 rings (SSSR count). The van der Waals surface area contributed by atoms with Crippen LogP contribution >= 0.6 is 0 Å². The van der Waals surface area contributed by atoms with Crippen LogP contribution in [0.4, 0.5) is 0 Å². The molecule has 0 atom stereocenters. The van der Waals surface area contributed by atoms with Gasteiger partial charge in [-0.2, -0.15) is 0 Å². The summed E-state index contributed by atoms with van der Waals surface area (Å²) in [5.41, 5.74) is -0.735. The number of carbonyl (C=O) groups excluding carboxylic acids is 1. The highest BCUT2D eigenvalue weighted by molar-refractivity contribution is 5.93. The summed E-state index contributed by atoms with van der Waals surface area (Å²) in [6.07, 6.45) is 0. The van der Waals surface area contributed by atoms with Crippen LogP contribution in [0.25, 0.3) is 0 Å². The van der Waals surface area contributed by atoms with E-state index in [1.807, 2.05) is 20.8 Å². The first-order chi connectivity index (χ1) is 8.48. The van der Waals surface area contributed by atoms with Crippen molar-refractivity contribution >= 4 is 5.97 Å². The minimum Gasteiger partial charge on any atom is -0.508 e. The van der Waals surface area contributed by atoms with Gasteiger partial charge in [0, 0.05) is 6.07 Å². The molecule has 0 aliphatic carbocycles. The summed E-state index contributed by atoms with van der Waals surface area (Å²) in [7, 11) is 0. The minimum atomic E-state index is -0.575. The quantitative estimate of drug-likeness (QED) is 0.832. The van der Waals surface area contributed by atoms with Gasteiger partial charge in [0.2, 0.25) is 0 Å². The molecule has 0 aromatic heterocycles. The lowest BCUT2D eigenvalue weighted by Gasteiger charge is -2.24. The highest BCUT2D eigenvalue weighted by atomic mass is 16.6. The Labute approximate surface area is 114 Å². The predicted molar refractivity (Wildman–Crippen MR) is 73.7 cm³/mol. The average molecular weight is 266 g/mol. The van der Waals surface area contributed by atoms with Crippen molar-refractivity contribution < 1.29 is 19.4 Å². The molecule has 4 heteroatoms. The van der Waals surface area contributed by atoms with Crippen LogP contribution in [0.5, 0.6) is 11.5 Å². The third-order valence-corrected chi connectivity index (χ3v) is 2.00. The van der Waals surface area contributed by atoms with E-state index in [-0.39, 0.29) is 5.75 Å². The van der Waals surface area contributed by atoms with Crippen molar-refractivity contribution in [2.24, 2.45) is 0 Å². The summed E-state index contributed by atoms with van der Waals surface area (Å²) in [6, 6.07) is 4.36. The standard InChI is InChI=1S/C15H22O4/c1-14(2,3)18-12-9-10(16)7-8-11(12)13(17)19-15(4,5)6/h7-9,16H,1-6H3. The van der Waals surface area contributed by atoms with E-state index < -0.39 is 17.2 Å². The number of ether oxygens (including phenoxy) is 2. The normalized spacial score (nSPS) is 12.1. The lowest BCUT2D eigenvalue weighted by Crippen LogP contribution is -2.27. The highest BCUT2D eigenvalue weighted by Crippen LogP contribution is 2.29. The molecule has 1 N–H and O–H groups in total. The molecule has 0 aliphatic rings. The molecule has 0 spiro atoms. The molecule has 0 aliphatic heterocycles. The number of esters is 1. The van der Waals surface area contributed by atoms with Gasteiger partial charge in [-0.05, 0) is 53.7 Å². The molecule has 19 heavy (non-hydrogen) atoms. The van der Waals surface area contributed by atoms with Crippen molar-refractivity contribution in [1.29, 1.82) is 0 Å². The number of aromatic hydroxyl groups is 1. The zero-order valence-corrected chi connectivity index (χ0v) is 12.4. The van der Waals surface area contributed by atoms with Crippen molar-refractivity contribution in [2.45, 2.75) is 52.7 Å². The zero-order chi connectivity index (χ0) is 14.8. The van der Waals surface area contributed by atoms with Crippen LogP contribution in [-0.4, -0.2) is 22.3 Å². The Bertz CT molecular complexity index is 464. The van der Waals surface area contributed by atoms with Gasteiger partial charge in [0.15, 0.2) is 0 Å². The van der Waals surface area contributed by atoms with E-state index in [4.69, 9.17) is 9.47 Å². The molecule has 0 unspecified atom stereocenters. The molecule has 0 fully saturated rings. The van der Waals surface area contributed by atoms with Gasteiger partial charge in [0.25, 0.3) is 0 Å². The Balaban J connectivity index is 3.10. The number of hydrogen-bond donors (Lipinski definition) is 1. The van der Waals surface area contributed by atoms with Gasteiger partial charge in [-0.1, -0.05) is 0 Å². The fourth-order valence-electron chi connectivity index (χ4n) is 1.43. The lowest BCUT2D eigenvalue weighted by molar-refractivity contribution is 0.00615. The Kier molecular flexibility index (Phi) is 4.13. The van der Waals surface area contributed by atoms with E-state index in [9.17, 15) is 9.90 Å². The summed E-state index contributed by atoms with van der Waals surface area (Å²) >= 11 is 0. The Hall–Kier alpha value is -1.71. The molecule has 0 amide bonds. The molecule has 106 valence electrons. The maximum Gasteiger partial charge on any atom is 0.342 e. The van der Waals surface area contributed by atoms with E-state index in [0.29, 0.717) is 11.3 Å². The van der Waals surface area contributed by atoms with E-state index >= 15 is 0 Å². The molecule has 0 radical (unpaired) electrons. The summed E-state index contributed by atoms with van der Waals surface area (Å²) in [4.78, 5) is 12.1. The van der Waals surface area contributed by atoms with Crippen LogP contribution in [0.1, 0.15) is 51.9 Å². The first-order valence-corrected chi connectivity index (χ1v) is 6.23. The second-order valence-corrected chi connectivity index (χ2v) is 6.40. The van der Waals surface area contributed by atoms with Crippen LogP contribution in [-0.2, 0) is 4.74 Å². The fraction of sp³-hybridized carbons (Fsp3) is 0.533. The Morgan fingerprint density at radius 3 is 2.11 bits per heavy atom. The molecular weight excluding hydrogens is 244 g/mol. The van der Waals surface area contributed by atoms with Crippen LogP contribution in [0.3, 0.4) is 0 Å². The number of hydrogen-bond acceptors (Lipinski definition) is 4. The van der Waals surface area contributed by atoms with E-state index in [1.165, 1.54) is 18.2 Å². The van der Waals surface area contributed by atoms with E-state index in [0.717, 1.165) is 0 Å². The van der Waals surface area contributed by atoms with Crippen molar-refractivity contribution in [3.8, 4) is 11.5 Å². The van der Waals surface area contributed by atoms with Crippen LogP contribution in [0.15, 0.2) is 18.2 Å². The van der Waals surface area contributed by atoms with Gasteiger partial charge < -0.3 is 14.6 Å². The molecule has 1 aromatic rings. The van der Waals surface area contributed by atoms with Crippen LogP contribution in [0, 0.1) is 0 Å².